The summed E-state index contributed by atoms with van der Waals surface area (Å²) < 4.78 is 8.09. The summed E-state index contributed by atoms with van der Waals surface area (Å²) in [6.45, 7) is 0.492. The number of nitrogens with one attached hydrogen (secondary N) is 1. The molecule has 0 aliphatic heterocycles. The van der Waals surface area contributed by atoms with Gasteiger partial charge in [0.05, 0.1) is 0 Å². The molecule has 1 aliphatic carbocycles. The average molecular weight is 456 g/mol. The summed E-state index contributed by atoms with van der Waals surface area (Å²) in [6, 6.07) is 18.0. The van der Waals surface area contributed by atoms with Crippen molar-refractivity contribution in [1.82, 2.24) is 19.7 Å². The number of nitrogen functional groups attached to an aromatic ring is 1. The smallest absolute Gasteiger partial charge is 0.222 e. The third-order valence-corrected chi connectivity index (χ3v) is 6.62. The number of fused-ring (bicyclic) bond motifs is 1. The molecule has 2 aromatic carbocycles. The highest BCUT2D eigenvalue weighted by Crippen LogP contribution is 2.39. The van der Waals surface area contributed by atoms with Crippen LogP contribution in [-0.4, -0.2) is 27.3 Å². The highest BCUT2D eigenvalue weighted by Gasteiger charge is 2.31. The van der Waals surface area contributed by atoms with Crippen LogP contribution in [0.3, 0.4) is 0 Å². The maximum atomic E-state index is 12.3. The molecule has 2 atom stereocenters. The van der Waals surface area contributed by atoms with Crippen molar-refractivity contribution in [3.8, 4) is 17.0 Å². The first-order valence-corrected chi connectivity index (χ1v) is 11.7. The molecule has 5 rings (SSSR count). The van der Waals surface area contributed by atoms with Crippen molar-refractivity contribution in [3.05, 3.63) is 78.4 Å². The fourth-order valence-electron chi connectivity index (χ4n) is 4.92. The number of nitrogens with zero attached hydrogens (tertiary/aromatic N) is 3. The van der Waals surface area contributed by atoms with Crippen LogP contribution >= 0.6 is 0 Å². The monoisotopic (exact) mass is 455 g/mol. The van der Waals surface area contributed by atoms with Gasteiger partial charge in [0, 0.05) is 36.8 Å². The van der Waals surface area contributed by atoms with Gasteiger partial charge in [0.2, 0.25) is 5.91 Å². The van der Waals surface area contributed by atoms with Crippen LogP contribution in [0.5, 0.6) is 5.75 Å². The number of amides is 1. The number of carbonyl (C=O) groups is 1. The molecule has 1 aliphatic rings. The molecule has 0 spiro atoms. The van der Waals surface area contributed by atoms with Gasteiger partial charge in [0.1, 0.15) is 35.2 Å². The normalized spacial score (nSPS) is 18.0. The second-order valence-electron chi connectivity index (χ2n) is 8.83. The van der Waals surface area contributed by atoms with Crippen molar-refractivity contribution in [1.29, 1.82) is 0 Å². The lowest BCUT2D eigenvalue weighted by Gasteiger charge is -2.27. The molecule has 34 heavy (non-hydrogen) atoms. The van der Waals surface area contributed by atoms with Crippen LogP contribution in [0.1, 0.15) is 43.0 Å². The molecule has 0 radical (unpaired) electrons. The lowest BCUT2D eigenvalue weighted by molar-refractivity contribution is -0.125. The van der Waals surface area contributed by atoms with Gasteiger partial charge in [-0.2, -0.15) is 0 Å². The highest BCUT2D eigenvalue weighted by molar-refractivity contribution is 5.86. The number of ether oxygens (including phenoxy) is 1. The van der Waals surface area contributed by atoms with Gasteiger partial charge in [-0.25, -0.2) is 9.97 Å². The zero-order chi connectivity index (χ0) is 23.5. The minimum Gasteiger partial charge on any atom is -0.489 e. The summed E-state index contributed by atoms with van der Waals surface area (Å²) >= 11 is 0. The second kappa shape index (κ2) is 9.55. The summed E-state index contributed by atoms with van der Waals surface area (Å²) in [7, 11) is 1.70. The van der Waals surface area contributed by atoms with Crippen molar-refractivity contribution < 1.29 is 9.53 Å². The van der Waals surface area contributed by atoms with Gasteiger partial charge in [0.15, 0.2) is 0 Å². The van der Waals surface area contributed by atoms with Crippen LogP contribution < -0.4 is 15.8 Å². The van der Waals surface area contributed by atoms with Crippen LogP contribution in [0, 0.1) is 5.92 Å². The largest absolute Gasteiger partial charge is 0.489 e. The maximum Gasteiger partial charge on any atom is 0.222 e. The number of hydrogen-bond donors (Lipinski definition) is 2. The number of rotatable bonds is 6. The number of aromatic nitrogens is 3. The van der Waals surface area contributed by atoms with Gasteiger partial charge in [-0.05, 0) is 37.0 Å². The van der Waals surface area contributed by atoms with Crippen LogP contribution in [0.2, 0.25) is 0 Å². The number of hydrogen-bond acceptors (Lipinski definition) is 5. The maximum absolute atomic E-state index is 12.3. The third kappa shape index (κ3) is 4.33. The predicted octanol–water partition coefficient (Wildman–Crippen LogP) is 4.58. The van der Waals surface area contributed by atoms with Crippen LogP contribution in [0.25, 0.3) is 16.8 Å². The van der Waals surface area contributed by atoms with Gasteiger partial charge in [-0.15, -0.1) is 0 Å². The zero-order valence-electron chi connectivity index (χ0n) is 19.3. The van der Waals surface area contributed by atoms with Crippen LogP contribution in [-0.2, 0) is 11.4 Å². The van der Waals surface area contributed by atoms with Crippen LogP contribution in [0.15, 0.2) is 67.0 Å². The van der Waals surface area contributed by atoms with E-state index in [1.807, 2.05) is 65.2 Å². The van der Waals surface area contributed by atoms with Crippen molar-refractivity contribution >= 4 is 17.2 Å². The van der Waals surface area contributed by atoms with E-state index in [9.17, 15) is 4.79 Å². The van der Waals surface area contributed by atoms with Gasteiger partial charge in [-0.1, -0.05) is 48.9 Å². The quantitative estimate of drug-likeness (QED) is 0.444. The molecular weight excluding hydrogens is 426 g/mol. The first-order valence-electron chi connectivity index (χ1n) is 11.7. The van der Waals surface area contributed by atoms with Crippen molar-refractivity contribution in [2.24, 2.45) is 5.92 Å². The predicted molar refractivity (Wildman–Crippen MR) is 132 cm³/mol. The van der Waals surface area contributed by atoms with Crippen molar-refractivity contribution in [2.75, 3.05) is 12.8 Å². The van der Waals surface area contributed by atoms with E-state index in [2.05, 4.69) is 10.3 Å². The number of carbonyl (C=O) groups excluding carboxylic acids is 1. The first kappa shape index (κ1) is 21.9. The summed E-state index contributed by atoms with van der Waals surface area (Å²) in [5.41, 5.74) is 9.95. The van der Waals surface area contributed by atoms with E-state index in [-0.39, 0.29) is 17.7 Å². The van der Waals surface area contributed by atoms with Gasteiger partial charge in [0.25, 0.3) is 0 Å². The molecule has 2 heterocycles. The average Bonchev–Trinajstić information content (AvgIpc) is 3.29. The van der Waals surface area contributed by atoms with Gasteiger partial charge < -0.3 is 15.8 Å². The topological polar surface area (TPSA) is 94.5 Å². The first-order chi connectivity index (χ1) is 16.6. The molecule has 3 N–H and O–H groups in total. The van der Waals surface area contributed by atoms with Crippen molar-refractivity contribution in [3.63, 3.8) is 0 Å². The molecule has 1 amide bonds. The zero-order valence-corrected chi connectivity index (χ0v) is 19.3. The Morgan fingerprint density at radius 1 is 1.18 bits per heavy atom. The SMILES string of the molecule is CNC(=O)C1CCCC(c2nc(-c3cccc(OCc4ccccc4)c3)c3c(N)nccn23)C1. The standard InChI is InChI=1S/C27H29N5O2/c1-29-27(33)21-11-5-10-20(15-21)26-31-23(24-25(28)30-13-14-32(24)26)19-9-6-12-22(16-19)34-17-18-7-3-2-4-8-18/h2-4,6-9,12-14,16,20-21H,5,10-11,15,17H2,1H3,(H2,28,30)(H,29,33). The minimum atomic E-state index is 0.00782. The summed E-state index contributed by atoms with van der Waals surface area (Å²) in [6.07, 6.45) is 7.30. The van der Waals surface area contributed by atoms with E-state index >= 15 is 0 Å². The lowest BCUT2D eigenvalue weighted by atomic mass is 9.80. The Labute approximate surface area is 199 Å². The number of benzene rings is 2. The Balaban J connectivity index is 1.49. The van der Waals surface area contributed by atoms with Gasteiger partial charge in [-0.3, -0.25) is 9.20 Å². The van der Waals surface area contributed by atoms with Crippen molar-refractivity contribution in [2.45, 2.75) is 38.2 Å². The molecule has 0 saturated heterocycles. The Kier molecular flexibility index (Phi) is 6.16. The van der Waals surface area contributed by atoms with E-state index in [4.69, 9.17) is 15.5 Å². The molecule has 1 fully saturated rings. The summed E-state index contributed by atoms with van der Waals surface area (Å²) in [4.78, 5) is 21.7. The fraction of sp³-hybridized carbons (Fsp3) is 0.296. The second-order valence-corrected chi connectivity index (χ2v) is 8.83. The molecule has 0 bridgehead atoms. The highest BCUT2D eigenvalue weighted by atomic mass is 16.5. The number of imidazole rings is 1. The Hall–Kier alpha value is -3.87. The minimum absolute atomic E-state index is 0.00782. The molecule has 1 saturated carbocycles. The summed E-state index contributed by atoms with van der Waals surface area (Å²) in [5, 5.41) is 2.80. The van der Waals surface area contributed by atoms with E-state index in [0.717, 1.165) is 59.6 Å². The third-order valence-electron chi connectivity index (χ3n) is 6.62. The van der Waals surface area contributed by atoms with E-state index in [1.165, 1.54) is 0 Å². The molecule has 2 unspecified atom stereocenters. The molecular formula is C27H29N5O2. The lowest BCUT2D eigenvalue weighted by Crippen LogP contribution is -2.31. The number of nitrogens with two attached hydrogens (primary N) is 1. The Bertz CT molecular complexity index is 1300. The van der Waals surface area contributed by atoms with E-state index in [1.54, 1.807) is 13.2 Å². The van der Waals surface area contributed by atoms with Crippen LogP contribution in [0.4, 0.5) is 5.82 Å². The molecule has 2 aromatic heterocycles. The Morgan fingerprint density at radius 3 is 2.85 bits per heavy atom. The molecule has 4 aromatic rings. The van der Waals surface area contributed by atoms with Gasteiger partial charge >= 0.3 is 0 Å². The molecule has 174 valence electrons. The fourth-order valence-corrected chi connectivity index (χ4v) is 4.92. The van der Waals surface area contributed by atoms with E-state index in [0.29, 0.717) is 12.4 Å². The molecule has 7 nitrogen and oxygen atoms in total. The summed E-state index contributed by atoms with van der Waals surface area (Å²) in [5.74, 6) is 2.43. The Morgan fingerprint density at radius 2 is 2.03 bits per heavy atom. The van der Waals surface area contributed by atoms with E-state index < -0.39 is 0 Å². The number of anilines is 1. The molecule has 7 heteroatoms.